The lowest BCUT2D eigenvalue weighted by molar-refractivity contribution is 0.0950. The van der Waals surface area contributed by atoms with Crippen LogP contribution in [0.5, 0.6) is 0 Å². The molecule has 0 aliphatic rings. The van der Waals surface area contributed by atoms with Crippen molar-refractivity contribution >= 4 is 11.6 Å². The lowest BCUT2D eigenvalue weighted by atomic mass is 10.1. The van der Waals surface area contributed by atoms with Crippen LogP contribution in [0.1, 0.15) is 30.1 Å². The maximum absolute atomic E-state index is 13.6. The third kappa shape index (κ3) is 4.77. The maximum atomic E-state index is 13.6. The van der Waals surface area contributed by atoms with E-state index in [0.717, 1.165) is 25.0 Å². The number of nitrogens with one attached hydrogen (secondary N) is 2. The van der Waals surface area contributed by atoms with E-state index in [-0.39, 0.29) is 11.3 Å². The van der Waals surface area contributed by atoms with Crippen molar-refractivity contribution in [1.29, 1.82) is 0 Å². The molecular formula is C14H20F2N2O2. The molecule has 0 aromatic heterocycles. The Morgan fingerprint density at radius 2 is 1.90 bits per heavy atom. The smallest absolute Gasteiger partial charge is 0.251 e. The number of hydrogen-bond donors (Lipinski definition) is 2. The summed E-state index contributed by atoms with van der Waals surface area (Å²) >= 11 is 0. The maximum Gasteiger partial charge on any atom is 0.251 e. The fourth-order valence-corrected chi connectivity index (χ4v) is 1.73. The van der Waals surface area contributed by atoms with Gasteiger partial charge in [-0.2, -0.15) is 0 Å². The van der Waals surface area contributed by atoms with Crippen LogP contribution in [0, 0.1) is 11.6 Å². The highest BCUT2D eigenvalue weighted by Gasteiger charge is 2.14. The zero-order valence-corrected chi connectivity index (χ0v) is 11.8. The van der Waals surface area contributed by atoms with E-state index >= 15 is 0 Å². The van der Waals surface area contributed by atoms with Crippen molar-refractivity contribution in [3.8, 4) is 0 Å². The first-order valence-corrected chi connectivity index (χ1v) is 6.60. The van der Waals surface area contributed by atoms with Crippen LogP contribution in [0.4, 0.5) is 14.5 Å². The molecule has 0 aliphatic heterocycles. The molecule has 0 fully saturated rings. The quantitative estimate of drug-likeness (QED) is 0.722. The molecule has 1 amide bonds. The van der Waals surface area contributed by atoms with Gasteiger partial charge in [0.05, 0.1) is 0 Å². The molecule has 1 rings (SSSR count). The van der Waals surface area contributed by atoms with Gasteiger partial charge in [-0.1, -0.05) is 0 Å². The molecule has 0 saturated carbocycles. The molecule has 4 nitrogen and oxygen atoms in total. The van der Waals surface area contributed by atoms with E-state index in [2.05, 4.69) is 10.6 Å². The fraction of sp³-hybridized carbons (Fsp3) is 0.500. The molecule has 112 valence electrons. The van der Waals surface area contributed by atoms with Crippen LogP contribution in [0.3, 0.4) is 0 Å². The number of benzene rings is 1. The molecule has 1 aromatic rings. The van der Waals surface area contributed by atoms with Crippen molar-refractivity contribution in [2.24, 2.45) is 0 Å². The Bertz CT molecular complexity index is 430. The lowest BCUT2D eigenvalue weighted by Gasteiger charge is -2.09. The lowest BCUT2D eigenvalue weighted by Crippen LogP contribution is -2.25. The molecule has 1 aromatic carbocycles. The number of hydrogen-bond acceptors (Lipinski definition) is 3. The molecule has 20 heavy (non-hydrogen) atoms. The van der Waals surface area contributed by atoms with Gasteiger partial charge in [0.25, 0.3) is 5.91 Å². The van der Waals surface area contributed by atoms with Crippen LogP contribution in [0.15, 0.2) is 12.1 Å². The second kappa shape index (κ2) is 8.47. The van der Waals surface area contributed by atoms with Crippen LogP contribution in [0.2, 0.25) is 0 Å². The zero-order valence-electron chi connectivity index (χ0n) is 11.8. The standard InChI is InChI=1S/C14H20F2N2O2/c1-3-17-13-11(15)8-10(9-12(13)16)14(19)18-6-4-5-7-20-2/h8-9,17H,3-7H2,1-2H3,(H,18,19). The van der Waals surface area contributed by atoms with E-state index < -0.39 is 17.5 Å². The molecule has 6 heteroatoms. The Morgan fingerprint density at radius 3 is 2.45 bits per heavy atom. The van der Waals surface area contributed by atoms with Crippen molar-refractivity contribution in [3.63, 3.8) is 0 Å². The second-order valence-corrected chi connectivity index (χ2v) is 4.30. The largest absolute Gasteiger partial charge is 0.385 e. The van der Waals surface area contributed by atoms with Crippen LogP contribution in [-0.2, 0) is 4.74 Å². The average molecular weight is 286 g/mol. The number of carbonyl (C=O) groups is 1. The number of halogens is 2. The van der Waals surface area contributed by atoms with Gasteiger partial charge < -0.3 is 15.4 Å². The summed E-state index contributed by atoms with van der Waals surface area (Å²) in [7, 11) is 1.61. The van der Waals surface area contributed by atoms with E-state index in [1.54, 1.807) is 14.0 Å². The molecule has 0 bridgehead atoms. The van der Waals surface area contributed by atoms with Crippen LogP contribution in [0.25, 0.3) is 0 Å². The number of anilines is 1. The minimum Gasteiger partial charge on any atom is -0.385 e. The van der Waals surface area contributed by atoms with Crippen LogP contribution >= 0.6 is 0 Å². The minimum atomic E-state index is -0.767. The summed E-state index contributed by atoms with van der Waals surface area (Å²) in [6, 6.07) is 2.07. The van der Waals surface area contributed by atoms with Crippen molar-refractivity contribution in [2.75, 3.05) is 32.1 Å². The Labute approximate surface area is 117 Å². The van der Waals surface area contributed by atoms with Gasteiger partial charge >= 0.3 is 0 Å². The van der Waals surface area contributed by atoms with Gasteiger partial charge in [-0.05, 0) is 31.9 Å². The first kappa shape index (κ1) is 16.4. The van der Waals surface area contributed by atoms with Crippen molar-refractivity contribution < 1.29 is 18.3 Å². The van der Waals surface area contributed by atoms with Gasteiger partial charge in [0.2, 0.25) is 0 Å². The van der Waals surface area contributed by atoms with E-state index in [4.69, 9.17) is 4.74 Å². The second-order valence-electron chi connectivity index (χ2n) is 4.30. The summed E-state index contributed by atoms with van der Waals surface area (Å²) < 4.78 is 32.2. The van der Waals surface area contributed by atoms with E-state index in [1.807, 2.05) is 0 Å². The molecule has 0 heterocycles. The molecule has 0 aliphatic carbocycles. The van der Waals surface area contributed by atoms with E-state index in [9.17, 15) is 13.6 Å². The van der Waals surface area contributed by atoms with Crippen molar-refractivity contribution in [3.05, 3.63) is 29.3 Å². The molecular weight excluding hydrogens is 266 g/mol. The predicted octanol–water partition coefficient (Wildman–Crippen LogP) is 2.55. The topological polar surface area (TPSA) is 50.4 Å². The monoisotopic (exact) mass is 286 g/mol. The van der Waals surface area contributed by atoms with Gasteiger partial charge in [0.1, 0.15) is 17.3 Å². The van der Waals surface area contributed by atoms with Crippen LogP contribution in [-0.4, -0.2) is 32.7 Å². The van der Waals surface area contributed by atoms with Gasteiger partial charge in [0.15, 0.2) is 0 Å². The normalized spacial score (nSPS) is 10.4. The summed E-state index contributed by atoms with van der Waals surface area (Å²) in [5, 5.41) is 5.20. The minimum absolute atomic E-state index is 0.0200. The van der Waals surface area contributed by atoms with Gasteiger partial charge in [-0.25, -0.2) is 8.78 Å². The molecule has 0 radical (unpaired) electrons. The SMILES string of the molecule is CCNc1c(F)cc(C(=O)NCCCCOC)cc1F. The summed E-state index contributed by atoms with van der Waals surface area (Å²) in [6.45, 7) is 3.20. The highest BCUT2D eigenvalue weighted by molar-refractivity contribution is 5.94. The molecule has 0 unspecified atom stereocenters. The summed E-state index contributed by atoms with van der Waals surface area (Å²) in [5.74, 6) is -2.02. The summed E-state index contributed by atoms with van der Waals surface area (Å²) in [4.78, 5) is 11.8. The summed E-state index contributed by atoms with van der Waals surface area (Å²) in [5.41, 5.74) is -0.225. The number of rotatable bonds is 8. The van der Waals surface area contributed by atoms with Crippen molar-refractivity contribution in [1.82, 2.24) is 5.32 Å². The van der Waals surface area contributed by atoms with Gasteiger partial charge in [-0.3, -0.25) is 4.79 Å². The summed E-state index contributed by atoms with van der Waals surface area (Å²) in [6.07, 6.45) is 1.57. The highest BCUT2D eigenvalue weighted by Crippen LogP contribution is 2.20. The Balaban J connectivity index is 2.60. The first-order chi connectivity index (χ1) is 9.60. The van der Waals surface area contributed by atoms with E-state index in [1.165, 1.54) is 0 Å². The Hall–Kier alpha value is -1.69. The first-order valence-electron chi connectivity index (χ1n) is 6.60. The zero-order chi connectivity index (χ0) is 15.0. The third-order valence-corrected chi connectivity index (χ3v) is 2.72. The molecule has 2 N–H and O–H groups in total. The number of carbonyl (C=O) groups excluding carboxylic acids is 1. The number of unbranched alkanes of at least 4 members (excludes halogenated alkanes) is 1. The molecule has 0 saturated heterocycles. The average Bonchev–Trinajstić information content (AvgIpc) is 2.42. The molecule has 0 atom stereocenters. The van der Waals surface area contributed by atoms with Crippen molar-refractivity contribution in [2.45, 2.75) is 19.8 Å². The highest BCUT2D eigenvalue weighted by atomic mass is 19.1. The van der Waals surface area contributed by atoms with Gasteiger partial charge in [-0.15, -0.1) is 0 Å². The van der Waals surface area contributed by atoms with E-state index in [0.29, 0.717) is 19.7 Å². The fourth-order valence-electron chi connectivity index (χ4n) is 1.73. The predicted molar refractivity (Wildman–Crippen MR) is 74.0 cm³/mol. The molecule has 0 spiro atoms. The Morgan fingerprint density at radius 1 is 1.25 bits per heavy atom. The van der Waals surface area contributed by atoms with Crippen LogP contribution < -0.4 is 10.6 Å². The number of methoxy groups -OCH3 is 1. The number of ether oxygens (including phenoxy) is 1. The Kier molecular flexibility index (Phi) is 6.93. The number of amides is 1. The third-order valence-electron chi connectivity index (χ3n) is 2.72. The van der Waals surface area contributed by atoms with Gasteiger partial charge in [0, 0.05) is 32.4 Å².